The van der Waals surface area contributed by atoms with Crippen LogP contribution in [0.25, 0.3) is 0 Å². The van der Waals surface area contributed by atoms with Gasteiger partial charge in [0.2, 0.25) is 0 Å². The second kappa shape index (κ2) is 7.99. The number of carbonyl (C=O) groups excluding carboxylic acids is 1. The minimum Gasteiger partial charge on any atom is -0.484 e. The van der Waals surface area contributed by atoms with E-state index in [1.807, 2.05) is 42.2 Å². The zero-order chi connectivity index (χ0) is 16.8. The van der Waals surface area contributed by atoms with Crippen molar-refractivity contribution in [1.29, 1.82) is 0 Å². The lowest BCUT2D eigenvalue weighted by atomic mass is 9.73. The fourth-order valence-corrected chi connectivity index (χ4v) is 3.77. The van der Waals surface area contributed by atoms with E-state index in [4.69, 9.17) is 14.2 Å². The Hall–Kier alpha value is -1.59. The number of fused-ring (bicyclic) bond motifs is 1. The number of ether oxygens (including phenoxy) is 3. The molecule has 2 atom stereocenters. The summed E-state index contributed by atoms with van der Waals surface area (Å²) in [6, 6.07) is 9.47. The van der Waals surface area contributed by atoms with Gasteiger partial charge in [0.15, 0.2) is 6.61 Å². The molecule has 0 aromatic heterocycles. The molecule has 0 saturated carbocycles. The maximum atomic E-state index is 12.6. The van der Waals surface area contributed by atoms with Gasteiger partial charge in [-0.15, -0.1) is 0 Å². The van der Waals surface area contributed by atoms with Gasteiger partial charge < -0.3 is 19.1 Å². The van der Waals surface area contributed by atoms with E-state index < -0.39 is 0 Å². The molecule has 0 aliphatic carbocycles. The van der Waals surface area contributed by atoms with Crippen molar-refractivity contribution in [2.45, 2.75) is 32.3 Å². The Balaban J connectivity index is 1.60. The second-order valence-electron chi connectivity index (χ2n) is 6.67. The highest BCUT2D eigenvalue weighted by molar-refractivity contribution is 5.78. The normalized spacial score (nSPS) is 26.7. The number of nitrogens with zero attached hydrogens (tertiary/aromatic N) is 1. The number of benzene rings is 1. The molecule has 1 amide bonds. The maximum Gasteiger partial charge on any atom is 0.260 e. The standard InChI is InChI=1S/C19H27NO4/c1-2-22-15-19-10-6-12-23-17(19)9-11-20(14-19)18(21)13-24-16-7-4-3-5-8-16/h3-5,7-8,17H,2,6,9-15H2,1H3/t17-,19-/m0/s1. The van der Waals surface area contributed by atoms with Crippen LogP contribution in [0, 0.1) is 5.41 Å². The first kappa shape index (κ1) is 17.2. The molecule has 5 heteroatoms. The van der Waals surface area contributed by atoms with Crippen molar-refractivity contribution in [1.82, 2.24) is 4.90 Å². The molecule has 0 bridgehead atoms. The van der Waals surface area contributed by atoms with Gasteiger partial charge in [0.1, 0.15) is 5.75 Å². The van der Waals surface area contributed by atoms with Crippen molar-refractivity contribution in [3.63, 3.8) is 0 Å². The van der Waals surface area contributed by atoms with Crippen LogP contribution in [0.1, 0.15) is 26.2 Å². The Morgan fingerprint density at radius 2 is 2.21 bits per heavy atom. The highest BCUT2D eigenvalue weighted by atomic mass is 16.5. The quantitative estimate of drug-likeness (QED) is 0.802. The summed E-state index contributed by atoms with van der Waals surface area (Å²) in [6.07, 6.45) is 3.17. The number of para-hydroxylation sites is 1. The van der Waals surface area contributed by atoms with Crippen molar-refractivity contribution in [3.05, 3.63) is 30.3 Å². The summed E-state index contributed by atoms with van der Waals surface area (Å²) in [5.74, 6) is 0.768. The molecule has 2 fully saturated rings. The summed E-state index contributed by atoms with van der Waals surface area (Å²) in [6.45, 7) is 5.71. The number of carbonyl (C=O) groups is 1. The van der Waals surface area contributed by atoms with E-state index in [0.29, 0.717) is 19.8 Å². The Morgan fingerprint density at radius 3 is 3.00 bits per heavy atom. The largest absolute Gasteiger partial charge is 0.484 e. The fourth-order valence-electron chi connectivity index (χ4n) is 3.77. The molecule has 2 aliphatic rings. The first-order chi connectivity index (χ1) is 11.7. The van der Waals surface area contributed by atoms with Crippen LogP contribution >= 0.6 is 0 Å². The third-order valence-corrected chi connectivity index (χ3v) is 5.04. The molecule has 2 aliphatic heterocycles. The van der Waals surface area contributed by atoms with Gasteiger partial charge in [-0.05, 0) is 38.3 Å². The molecule has 2 heterocycles. The molecule has 0 N–H and O–H groups in total. The van der Waals surface area contributed by atoms with Gasteiger partial charge in [0.05, 0.1) is 12.7 Å². The predicted molar refractivity (Wildman–Crippen MR) is 91.0 cm³/mol. The van der Waals surface area contributed by atoms with Gasteiger partial charge in [-0.3, -0.25) is 4.79 Å². The fraction of sp³-hybridized carbons (Fsp3) is 0.632. The van der Waals surface area contributed by atoms with Gasteiger partial charge >= 0.3 is 0 Å². The summed E-state index contributed by atoms with van der Waals surface area (Å²) < 4.78 is 17.3. The smallest absolute Gasteiger partial charge is 0.260 e. The predicted octanol–water partition coefficient (Wildman–Crippen LogP) is 2.50. The van der Waals surface area contributed by atoms with Crippen LogP contribution in [-0.4, -0.2) is 56.4 Å². The highest BCUT2D eigenvalue weighted by Gasteiger charge is 2.47. The van der Waals surface area contributed by atoms with Crippen molar-refractivity contribution in [3.8, 4) is 5.75 Å². The lowest BCUT2D eigenvalue weighted by Gasteiger charge is -2.50. The molecule has 1 aromatic carbocycles. The van der Waals surface area contributed by atoms with Crippen molar-refractivity contribution in [2.75, 3.05) is 39.5 Å². The van der Waals surface area contributed by atoms with E-state index in [9.17, 15) is 4.79 Å². The van der Waals surface area contributed by atoms with Crippen LogP contribution in [0.2, 0.25) is 0 Å². The molecule has 24 heavy (non-hydrogen) atoms. The molecule has 1 aromatic rings. The van der Waals surface area contributed by atoms with Gasteiger partial charge in [-0.2, -0.15) is 0 Å². The first-order valence-electron chi connectivity index (χ1n) is 8.88. The molecule has 0 radical (unpaired) electrons. The van der Waals surface area contributed by atoms with E-state index in [-0.39, 0.29) is 24.0 Å². The van der Waals surface area contributed by atoms with Crippen LogP contribution in [0.5, 0.6) is 5.75 Å². The number of hydrogen-bond donors (Lipinski definition) is 0. The number of hydrogen-bond acceptors (Lipinski definition) is 4. The number of likely N-dealkylation sites (tertiary alicyclic amines) is 1. The van der Waals surface area contributed by atoms with Crippen LogP contribution in [0.3, 0.4) is 0 Å². The van der Waals surface area contributed by atoms with Gasteiger partial charge in [0.25, 0.3) is 5.91 Å². The van der Waals surface area contributed by atoms with Gasteiger partial charge in [-0.1, -0.05) is 18.2 Å². The molecule has 5 nitrogen and oxygen atoms in total. The summed E-state index contributed by atoms with van der Waals surface area (Å²) >= 11 is 0. The average Bonchev–Trinajstić information content (AvgIpc) is 2.65. The monoisotopic (exact) mass is 333 g/mol. The van der Waals surface area contributed by atoms with E-state index >= 15 is 0 Å². The SMILES string of the molecule is CCOC[C@@]12CCCO[C@H]1CCN(C(=O)COc1ccccc1)C2. The molecule has 2 saturated heterocycles. The summed E-state index contributed by atoms with van der Waals surface area (Å²) in [5, 5.41) is 0. The van der Waals surface area contributed by atoms with E-state index in [0.717, 1.165) is 38.2 Å². The van der Waals surface area contributed by atoms with Crippen LogP contribution in [0.4, 0.5) is 0 Å². The maximum absolute atomic E-state index is 12.6. The Bertz CT molecular complexity index is 535. The van der Waals surface area contributed by atoms with E-state index in [1.54, 1.807) is 0 Å². The van der Waals surface area contributed by atoms with E-state index in [1.165, 1.54) is 0 Å². The topological polar surface area (TPSA) is 48.0 Å². The highest BCUT2D eigenvalue weighted by Crippen LogP contribution is 2.40. The molecular formula is C19H27NO4. The second-order valence-corrected chi connectivity index (χ2v) is 6.67. The molecule has 0 unspecified atom stereocenters. The zero-order valence-electron chi connectivity index (χ0n) is 14.4. The first-order valence-corrected chi connectivity index (χ1v) is 8.88. The van der Waals surface area contributed by atoms with Crippen molar-refractivity contribution < 1.29 is 19.0 Å². The van der Waals surface area contributed by atoms with Gasteiger partial charge in [-0.25, -0.2) is 0 Å². The van der Waals surface area contributed by atoms with Crippen LogP contribution < -0.4 is 4.74 Å². The minimum atomic E-state index is -0.0606. The number of amides is 1. The molecule has 0 spiro atoms. The summed E-state index contributed by atoms with van der Waals surface area (Å²) in [5.41, 5.74) is -0.0606. The van der Waals surface area contributed by atoms with Crippen LogP contribution in [0.15, 0.2) is 30.3 Å². The third-order valence-electron chi connectivity index (χ3n) is 5.04. The summed E-state index contributed by atoms with van der Waals surface area (Å²) in [7, 11) is 0. The number of piperidine rings is 1. The third kappa shape index (κ3) is 3.90. The Kier molecular flexibility index (Phi) is 5.74. The van der Waals surface area contributed by atoms with Crippen molar-refractivity contribution in [2.24, 2.45) is 5.41 Å². The average molecular weight is 333 g/mol. The lowest BCUT2D eigenvalue weighted by molar-refractivity contribution is -0.165. The van der Waals surface area contributed by atoms with Gasteiger partial charge in [0, 0.05) is 31.7 Å². The number of rotatable bonds is 6. The van der Waals surface area contributed by atoms with E-state index in [2.05, 4.69) is 0 Å². The van der Waals surface area contributed by atoms with Crippen LogP contribution in [-0.2, 0) is 14.3 Å². The summed E-state index contributed by atoms with van der Waals surface area (Å²) in [4.78, 5) is 14.5. The molecular weight excluding hydrogens is 306 g/mol. The van der Waals surface area contributed by atoms with Crippen molar-refractivity contribution >= 4 is 5.91 Å². The Morgan fingerprint density at radius 1 is 1.38 bits per heavy atom. The lowest BCUT2D eigenvalue weighted by Crippen LogP contribution is -2.58. The Labute approximate surface area is 143 Å². The molecule has 132 valence electrons. The zero-order valence-corrected chi connectivity index (χ0v) is 14.4. The minimum absolute atomic E-state index is 0.0405. The molecule has 3 rings (SSSR count).